The second kappa shape index (κ2) is 9.00. The highest BCUT2D eigenvalue weighted by Crippen LogP contribution is 2.31. The van der Waals surface area contributed by atoms with Crippen molar-refractivity contribution in [3.05, 3.63) is 29.8 Å². The van der Waals surface area contributed by atoms with Crippen LogP contribution >= 0.6 is 0 Å². The zero-order valence-electron chi connectivity index (χ0n) is 15.6. The molecule has 1 aliphatic heterocycles. The van der Waals surface area contributed by atoms with Gasteiger partial charge in [0, 0.05) is 20.2 Å². The smallest absolute Gasteiger partial charge is 0.313 e. The van der Waals surface area contributed by atoms with Crippen molar-refractivity contribution in [2.24, 2.45) is 5.41 Å². The molecule has 0 bridgehead atoms. The van der Waals surface area contributed by atoms with Crippen LogP contribution in [0.5, 0.6) is 5.75 Å². The molecule has 7 heteroatoms. The number of rotatable bonds is 8. The molecule has 1 aromatic rings. The van der Waals surface area contributed by atoms with Crippen molar-refractivity contribution in [3.8, 4) is 5.75 Å². The third kappa shape index (κ3) is 4.74. The Bertz CT molecular complexity index is 630. The summed E-state index contributed by atoms with van der Waals surface area (Å²) in [5.74, 6) is -0.400. The molecule has 1 aromatic carbocycles. The third-order valence-corrected chi connectivity index (χ3v) is 4.74. The lowest BCUT2D eigenvalue weighted by Crippen LogP contribution is -2.54. The van der Waals surface area contributed by atoms with Gasteiger partial charge in [-0.15, -0.1) is 0 Å². The Kier molecular flexibility index (Phi) is 6.99. The topological polar surface area (TPSA) is 85.3 Å². The van der Waals surface area contributed by atoms with E-state index in [-0.39, 0.29) is 25.7 Å². The Morgan fingerprint density at radius 3 is 2.77 bits per heavy atom. The fourth-order valence-corrected chi connectivity index (χ4v) is 3.26. The second-order valence-corrected chi connectivity index (χ2v) is 6.69. The van der Waals surface area contributed by atoms with Gasteiger partial charge in [0.1, 0.15) is 17.3 Å². The standard InChI is InChI=1S/C19H27NO6/c1-14(26-11-15-6-4-7-16(10-15)25-3)17(21)20-9-5-8-19(12-20,13-24-2)18(22)23/h4,6-7,10,14H,5,8-9,11-13H2,1-3H3,(H,22,23). The molecular formula is C19H27NO6. The van der Waals surface area contributed by atoms with Gasteiger partial charge in [0.15, 0.2) is 0 Å². The molecule has 1 heterocycles. The van der Waals surface area contributed by atoms with Crippen molar-refractivity contribution in [2.75, 3.05) is 33.9 Å². The van der Waals surface area contributed by atoms with Crippen LogP contribution in [0.3, 0.4) is 0 Å². The average molecular weight is 365 g/mol. The highest BCUT2D eigenvalue weighted by atomic mass is 16.5. The number of hydrogen-bond donors (Lipinski definition) is 1. The summed E-state index contributed by atoms with van der Waals surface area (Å²) in [4.78, 5) is 26.0. The molecule has 0 aromatic heterocycles. The Labute approximate surface area is 153 Å². The molecule has 0 aliphatic carbocycles. The largest absolute Gasteiger partial charge is 0.497 e. The Morgan fingerprint density at radius 2 is 2.12 bits per heavy atom. The first-order valence-electron chi connectivity index (χ1n) is 8.67. The minimum absolute atomic E-state index is 0.0885. The average Bonchev–Trinajstić information content (AvgIpc) is 2.66. The summed E-state index contributed by atoms with van der Waals surface area (Å²) >= 11 is 0. The minimum Gasteiger partial charge on any atom is -0.497 e. The van der Waals surface area contributed by atoms with Gasteiger partial charge in [-0.25, -0.2) is 0 Å². The summed E-state index contributed by atoms with van der Waals surface area (Å²) in [5, 5.41) is 9.60. The fourth-order valence-electron chi connectivity index (χ4n) is 3.26. The van der Waals surface area contributed by atoms with Crippen LogP contribution < -0.4 is 4.74 Å². The Hall–Kier alpha value is -2.12. The number of methoxy groups -OCH3 is 2. The van der Waals surface area contributed by atoms with Crippen molar-refractivity contribution in [1.29, 1.82) is 0 Å². The summed E-state index contributed by atoms with van der Waals surface area (Å²) in [6, 6.07) is 7.45. The lowest BCUT2D eigenvalue weighted by atomic mass is 9.80. The van der Waals surface area contributed by atoms with Crippen LogP contribution in [0.15, 0.2) is 24.3 Å². The Balaban J connectivity index is 1.97. The van der Waals surface area contributed by atoms with E-state index in [4.69, 9.17) is 14.2 Å². The summed E-state index contributed by atoms with van der Waals surface area (Å²) in [5.41, 5.74) is -0.142. The number of carboxylic acids is 1. The first-order chi connectivity index (χ1) is 12.4. The van der Waals surface area contributed by atoms with Gasteiger partial charge in [0.25, 0.3) is 5.91 Å². The van der Waals surface area contributed by atoms with Crippen LogP contribution in [0.4, 0.5) is 0 Å². The highest BCUT2D eigenvalue weighted by molar-refractivity contribution is 5.82. The summed E-state index contributed by atoms with van der Waals surface area (Å²) in [6.45, 7) is 2.73. The quantitative estimate of drug-likeness (QED) is 0.758. The van der Waals surface area contributed by atoms with Crippen LogP contribution in [-0.2, 0) is 25.7 Å². The van der Waals surface area contributed by atoms with Gasteiger partial charge >= 0.3 is 5.97 Å². The number of benzene rings is 1. The molecular weight excluding hydrogens is 338 g/mol. The maximum absolute atomic E-state index is 12.7. The Morgan fingerprint density at radius 1 is 1.35 bits per heavy atom. The molecule has 2 atom stereocenters. The summed E-state index contributed by atoms with van der Waals surface area (Å²) in [7, 11) is 3.07. The monoisotopic (exact) mass is 365 g/mol. The van der Waals surface area contributed by atoms with Gasteiger partial charge in [-0.2, -0.15) is 0 Å². The van der Waals surface area contributed by atoms with E-state index < -0.39 is 17.5 Å². The van der Waals surface area contributed by atoms with E-state index in [0.717, 1.165) is 11.3 Å². The number of amides is 1. The first kappa shape index (κ1) is 20.2. The van der Waals surface area contributed by atoms with E-state index in [9.17, 15) is 14.7 Å². The van der Waals surface area contributed by atoms with Gasteiger partial charge in [0.2, 0.25) is 0 Å². The van der Waals surface area contributed by atoms with Crippen molar-refractivity contribution in [3.63, 3.8) is 0 Å². The SMILES string of the molecule is COCC1(C(=O)O)CCCN(C(=O)C(C)OCc2cccc(OC)c2)C1. The number of carbonyl (C=O) groups is 2. The zero-order valence-corrected chi connectivity index (χ0v) is 15.6. The number of carboxylic acid groups (broad SMARTS) is 1. The third-order valence-electron chi connectivity index (χ3n) is 4.74. The van der Waals surface area contributed by atoms with Crippen molar-refractivity contribution >= 4 is 11.9 Å². The van der Waals surface area contributed by atoms with Crippen LogP contribution in [0.25, 0.3) is 0 Å². The number of carbonyl (C=O) groups excluding carboxylic acids is 1. The molecule has 1 N–H and O–H groups in total. The van der Waals surface area contributed by atoms with E-state index in [1.165, 1.54) is 7.11 Å². The molecule has 1 saturated heterocycles. The van der Waals surface area contributed by atoms with Crippen LogP contribution in [0, 0.1) is 5.41 Å². The second-order valence-electron chi connectivity index (χ2n) is 6.69. The van der Waals surface area contributed by atoms with E-state index in [1.54, 1.807) is 18.9 Å². The van der Waals surface area contributed by atoms with Crippen LogP contribution in [0.2, 0.25) is 0 Å². The predicted molar refractivity (Wildman–Crippen MR) is 95.0 cm³/mol. The molecule has 1 fully saturated rings. The lowest BCUT2D eigenvalue weighted by Gasteiger charge is -2.40. The number of hydrogen-bond acceptors (Lipinski definition) is 5. The molecule has 2 rings (SSSR count). The number of nitrogens with zero attached hydrogens (tertiary/aromatic N) is 1. The molecule has 0 spiro atoms. The molecule has 144 valence electrons. The number of likely N-dealkylation sites (tertiary alicyclic amines) is 1. The van der Waals surface area contributed by atoms with E-state index in [1.807, 2.05) is 24.3 Å². The van der Waals surface area contributed by atoms with Gasteiger partial charge < -0.3 is 24.2 Å². The van der Waals surface area contributed by atoms with Gasteiger partial charge in [-0.1, -0.05) is 12.1 Å². The maximum atomic E-state index is 12.7. The van der Waals surface area contributed by atoms with Gasteiger partial charge in [0.05, 0.1) is 20.3 Å². The normalized spacial score (nSPS) is 21.3. The molecule has 1 aliphatic rings. The van der Waals surface area contributed by atoms with Crippen molar-refractivity contribution in [1.82, 2.24) is 4.90 Å². The molecule has 0 saturated carbocycles. The summed E-state index contributed by atoms with van der Waals surface area (Å²) < 4.78 is 16.0. The number of ether oxygens (including phenoxy) is 3. The van der Waals surface area contributed by atoms with Gasteiger partial charge in [-0.05, 0) is 37.5 Å². The van der Waals surface area contributed by atoms with Crippen LogP contribution in [-0.4, -0.2) is 61.9 Å². The minimum atomic E-state index is -1.05. The number of aliphatic carboxylic acids is 1. The zero-order chi connectivity index (χ0) is 19.2. The molecule has 26 heavy (non-hydrogen) atoms. The predicted octanol–water partition coefficient (Wildman–Crippen LogP) is 1.94. The highest BCUT2D eigenvalue weighted by Gasteiger charge is 2.44. The molecule has 7 nitrogen and oxygen atoms in total. The molecule has 1 amide bonds. The lowest BCUT2D eigenvalue weighted by molar-refractivity contribution is -0.162. The van der Waals surface area contributed by atoms with Crippen molar-refractivity contribution < 1.29 is 28.9 Å². The van der Waals surface area contributed by atoms with E-state index >= 15 is 0 Å². The molecule has 0 radical (unpaired) electrons. The van der Waals surface area contributed by atoms with Gasteiger partial charge in [-0.3, -0.25) is 9.59 Å². The number of piperidine rings is 1. The van der Waals surface area contributed by atoms with Crippen molar-refractivity contribution in [2.45, 2.75) is 32.5 Å². The fraction of sp³-hybridized carbons (Fsp3) is 0.579. The first-order valence-corrected chi connectivity index (χ1v) is 8.67. The van der Waals surface area contributed by atoms with E-state index in [0.29, 0.717) is 19.4 Å². The molecule has 2 unspecified atom stereocenters. The summed E-state index contributed by atoms with van der Waals surface area (Å²) in [6.07, 6.45) is 0.469. The van der Waals surface area contributed by atoms with E-state index in [2.05, 4.69) is 0 Å². The maximum Gasteiger partial charge on any atom is 0.313 e. The van der Waals surface area contributed by atoms with Crippen LogP contribution in [0.1, 0.15) is 25.3 Å².